The van der Waals surface area contributed by atoms with Crippen LogP contribution in [0.2, 0.25) is 0 Å². The van der Waals surface area contributed by atoms with E-state index in [1.807, 2.05) is 84.9 Å². The van der Waals surface area contributed by atoms with Crippen LogP contribution in [0, 0.1) is 0 Å². The summed E-state index contributed by atoms with van der Waals surface area (Å²) in [5.74, 6) is -0.357. The second-order valence-electron chi connectivity index (χ2n) is 7.79. The van der Waals surface area contributed by atoms with Gasteiger partial charge in [-0.05, 0) is 24.1 Å². The van der Waals surface area contributed by atoms with Gasteiger partial charge in [0.15, 0.2) is 0 Å². The van der Waals surface area contributed by atoms with Crippen molar-refractivity contribution in [3.05, 3.63) is 128 Å². The zero-order valence-corrected chi connectivity index (χ0v) is 17.7. The number of benzene rings is 3. The van der Waals surface area contributed by atoms with E-state index in [9.17, 15) is 14.7 Å². The van der Waals surface area contributed by atoms with Gasteiger partial charge in [0.25, 0.3) is 5.56 Å². The highest BCUT2D eigenvalue weighted by molar-refractivity contribution is 6.39. The van der Waals surface area contributed by atoms with E-state index >= 15 is 0 Å². The van der Waals surface area contributed by atoms with Crippen LogP contribution in [0.15, 0.2) is 99.5 Å². The summed E-state index contributed by atoms with van der Waals surface area (Å²) >= 11 is 0. The lowest BCUT2D eigenvalue weighted by atomic mass is 9.96. The lowest BCUT2D eigenvalue weighted by molar-refractivity contribution is 0.399. The van der Waals surface area contributed by atoms with E-state index in [0.29, 0.717) is 17.7 Å². The molecule has 1 aromatic heterocycles. The number of para-hydroxylation sites is 1. The molecule has 0 bridgehead atoms. The van der Waals surface area contributed by atoms with Crippen molar-refractivity contribution in [2.24, 2.45) is 4.99 Å². The molecule has 0 unspecified atom stereocenters. The molecular formula is C27H21N3O3. The van der Waals surface area contributed by atoms with E-state index in [0.717, 1.165) is 22.4 Å². The number of aryl methyl sites for hydroxylation is 1. The lowest BCUT2D eigenvalue weighted by Gasteiger charge is -2.11. The van der Waals surface area contributed by atoms with E-state index in [-0.39, 0.29) is 18.0 Å². The van der Waals surface area contributed by atoms with Crippen LogP contribution in [-0.2, 0) is 13.0 Å². The van der Waals surface area contributed by atoms with Crippen molar-refractivity contribution in [1.29, 1.82) is 0 Å². The number of nitrogens with one attached hydrogen (secondary N) is 1. The number of allylic oxidation sites excluding steroid dienone is 1. The highest BCUT2D eigenvalue weighted by atomic mass is 16.3. The smallest absolute Gasteiger partial charge is 0.331 e. The normalized spacial score (nSPS) is 13.7. The summed E-state index contributed by atoms with van der Waals surface area (Å²) in [6, 6.07) is 27.0. The summed E-state index contributed by atoms with van der Waals surface area (Å²) in [6.45, 7) is 0.234. The SMILES string of the molecule is O=c1[nH]c(=O)n(CCc2ccccc2)c(O)c1/C=C1/C(c2ccccc2)=Nc2ccccc21. The molecule has 0 amide bonds. The summed E-state index contributed by atoms with van der Waals surface area (Å²) in [4.78, 5) is 32.3. The standard InChI is InChI=1S/C27H21N3O3/c31-25-22(26(32)30(27(33)29-25)16-15-18-9-3-1-4-10-18)17-21-20-13-7-8-14-23(20)28-24(21)19-11-5-2-6-12-19/h1-14,17,32H,15-16H2,(H,29,31,33)/b21-17+. The van der Waals surface area contributed by atoms with Crippen LogP contribution >= 0.6 is 0 Å². The number of H-pyrrole nitrogens is 1. The minimum absolute atomic E-state index is 0.0259. The van der Waals surface area contributed by atoms with E-state index in [2.05, 4.69) is 4.98 Å². The fraction of sp³-hybridized carbons (Fsp3) is 0.0741. The zero-order valence-electron chi connectivity index (χ0n) is 17.7. The molecule has 0 saturated carbocycles. The van der Waals surface area contributed by atoms with Gasteiger partial charge in [0.2, 0.25) is 5.88 Å². The Bertz CT molecular complexity index is 1500. The maximum absolute atomic E-state index is 12.7. The lowest BCUT2D eigenvalue weighted by Crippen LogP contribution is -2.32. The van der Waals surface area contributed by atoms with Gasteiger partial charge in [-0.2, -0.15) is 0 Å². The van der Waals surface area contributed by atoms with Crippen molar-refractivity contribution in [3.8, 4) is 5.88 Å². The summed E-state index contributed by atoms with van der Waals surface area (Å²) < 4.78 is 1.20. The van der Waals surface area contributed by atoms with Crippen LogP contribution in [0.5, 0.6) is 5.88 Å². The highest BCUT2D eigenvalue weighted by Crippen LogP contribution is 2.38. The molecule has 0 fully saturated rings. The fourth-order valence-electron chi connectivity index (χ4n) is 4.01. The van der Waals surface area contributed by atoms with Crippen molar-refractivity contribution in [1.82, 2.24) is 9.55 Å². The molecule has 6 nitrogen and oxygen atoms in total. The van der Waals surface area contributed by atoms with Gasteiger partial charge in [-0.3, -0.25) is 14.3 Å². The third kappa shape index (κ3) is 3.94. The Morgan fingerprint density at radius 1 is 0.879 bits per heavy atom. The van der Waals surface area contributed by atoms with Gasteiger partial charge < -0.3 is 5.11 Å². The van der Waals surface area contributed by atoms with E-state index < -0.39 is 11.2 Å². The quantitative estimate of drug-likeness (QED) is 0.493. The van der Waals surface area contributed by atoms with Gasteiger partial charge in [0.05, 0.1) is 11.4 Å². The number of hydrogen-bond acceptors (Lipinski definition) is 4. The Kier molecular flexibility index (Phi) is 5.32. The second kappa shape index (κ2) is 8.59. The van der Waals surface area contributed by atoms with Crippen molar-refractivity contribution in [2.75, 3.05) is 0 Å². The average Bonchev–Trinajstić information content (AvgIpc) is 3.21. The molecule has 1 aliphatic rings. The van der Waals surface area contributed by atoms with Gasteiger partial charge in [-0.25, -0.2) is 9.79 Å². The van der Waals surface area contributed by atoms with Crippen LogP contribution in [0.4, 0.5) is 5.69 Å². The van der Waals surface area contributed by atoms with Crippen LogP contribution in [0.1, 0.15) is 22.3 Å². The average molecular weight is 435 g/mol. The van der Waals surface area contributed by atoms with Crippen molar-refractivity contribution in [2.45, 2.75) is 13.0 Å². The van der Waals surface area contributed by atoms with Crippen molar-refractivity contribution < 1.29 is 5.11 Å². The molecule has 162 valence electrons. The summed E-state index contributed by atoms with van der Waals surface area (Å²) in [5.41, 5.74) is 3.73. The predicted octanol–water partition coefficient (Wildman–Crippen LogP) is 4.16. The third-order valence-electron chi connectivity index (χ3n) is 5.69. The Morgan fingerprint density at radius 2 is 1.55 bits per heavy atom. The Hall–Kier alpha value is -4.45. The molecular weight excluding hydrogens is 414 g/mol. The van der Waals surface area contributed by atoms with Crippen molar-refractivity contribution >= 4 is 23.0 Å². The fourth-order valence-corrected chi connectivity index (χ4v) is 4.01. The van der Waals surface area contributed by atoms with Crippen molar-refractivity contribution in [3.63, 3.8) is 0 Å². The van der Waals surface area contributed by atoms with Crippen LogP contribution in [0.3, 0.4) is 0 Å². The number of fused-ring (bicyclic) bond motifs is 1. The molecule has 0 saturated heterocycles. The Labute approximate surface area is 189 Å². The van der Waals surface area contributed by atoms with Gasteiger partial charge in [-0.1, -0.05) is 78.9 Å². The van der Waals surface area contributed by atoms with Crippen LogP contribution < -0.4 is 11.2 Å². The number of aromatic amines is 1. The van der Waals surface area contributed by atoms with Gasteiger partial charge in [-0.15, -0.1) is 0 Å². The number of rotatable bonds is 5. The minimum atomic E-state index is -0.641. The molecule has 5 rings (SSSR count). The molecule has 2 heterocycles. The molecule has 6 heteroatoms. The van der Waals surface area contributed by atoms with Crippen LogP contribution in [-0.4, -0.2) is 20.4 Å². The first kappa shape index (κ1) is 20.5. The van der Waals surface area contributed by atoms with Gasteiger partial charge >= 0.3 is 5.69 Å². The number of aromatic nitrogens is 2. The molecule has 4 aromatic rings. The molecule has 0 spiro atoms. The van der Waals surface area contributed by atoms with Gasteiger partial charge in [0.1, 0.15) is 5.56 Å². The molecule has 3 aromatic carbocycles. The topological polar surface area (TPSA) is 87.5 Å². The first-order valence-electron chi connectivity index (χ1n) is 10.7. The zero-order chi connectivity index (χ0) is 22.8. The monoisotopic (exact) mass is 435 g/mol. The molecule has 33 heavy (non-hydrogen) atoms. The van der Waals surface area contributed by atoms with E-state index in [4.69, 9.17) is 4.99 Å². The first-order valence-corrected chi connectivity index (χ1v) is 10.7. The second-order valence-corrected chi connectivity index (χ2v) is 7.79. The number of aliphatic imine (C=N–C) groups is 1. The number of aromatic hydroxyl groups is 1. The number of nitrogens with zero attached hydrogens (tertiary/aromatic N) is 2. The highest BCUT2D eigenvalue weighted by Gasteiger charge is 2.23. The molecule has 2 N–H and O–H groups in total. The molecule has 1 aliphatic heterocycles. The summed E-state index contributed by atoms with van der Waals surface area (Å²) in [6.07, 6.45) is 2.15. The summed E-state index contributed by atoms with van der Waals surface area (Å²) in [5, 5.41) is 11.0. The summed E-state index contributed by atoms with van der Waals surface area (Å²) in [7, 11) is 0. The Morgan fingerprint density at radius 3 is 2.30 bits per heavy atom. The van der Waals surface area contributed by atoms with E-state index in [1.54, 1.807) is 6.08 Å². The maximum Gasteiger partial charge on any atom is 0.331 e. The number of hydrogen-bond donors (Lipinski definition) is 2. The molecule has 0 atom stereocenters. The predicted molar refractivity (Wildman–Crippen MR) is 130 cm³/mol. The first-order chi connectivity index (χ1) is 16.1. The third-order valence-corrected chi connectivity index (χ3v) is 5.69. The van der Waals surface area contributed by atoms with Gasteiger partial charge in [0, 0.05) is 23.2 Å². The molecule has 0 radical (unpaired) electrons. The maximum atomic E-state index is 12.7. The minimum Gasteiger partial charge on any atom is -0.494 e. The van der Waals surface area contributed by atoms with E-state index in [1.165, 1.54) is 4.57 Å². The Balaban J connectivity index is 1.61. The molecule has 0 aliphatic carbocycles. The largest absolute Gasteiger partial charge is 0.494 e. The van der Waals surface area contributed by atoms with Crippen LogP contribution in [0.25, 0.3) is 11.6 Å².